The molecule has 0 spiro atoms. The summed E-state index contributed by atoms with van der Waals surface area (Å²) in [4.78, 5) is 13.8. The number of hydrogen-bond acceptors (Lipinski definition) is 6. The third-order valence-electron chi connectivity index (χ3n) is 4.93. The summed E-state index contributed by atoms with van der Waals surface area (Å²) in [5, 5.41) is 2.96. The van der Waals surface area contributed by atoms with Gasteiger partial charge in [0.05, 0.1) is 30.9 Å². The quantitative estimate of drug-likeness (QED) is 0.333. The van der Waals surface area contributed by atoms with E-state index in [4.69, 9.17) is 14.2 Å². The molecule has 3 rings (SSSR count). The van der Waals surface area contributed by atoms with Crippen molar-refractivity contribution in [2.45, 2.75) is 32.6 Å². The average Bonchev–Trinajstić information content (AvgIpc) is 2.79. The minimum Gasteiger partial charge on any atom is -0.496 e. The molecule has 0 radical (unpaired) electrons. The molecular weight excluding hydrogens is 436 g/mol. The zero-order valence-electron chi connectivity index (χ0n) is 19.7. The molecule has 0 aliphatic rings. The van der Waals surface area contributed by atoms with Gasteiger partial charge >= 0.3 is 0 Å². The lowest BCUT2D eigenvalue weighted by Crippen LogP contribution is -2.12. The Kier molecular flexibility index (Phi) is 8.49. The molecular formula is C26H30N2O4S. The standard InChI is InChI=1S/C26H30N2O4S/c1-6-31-21-13-19(14-22(16-21)32-7-2)26(29)27-20-11-12-23(30-5)24(15-20)33-28-25-17(3)9-8-10-18(25)4/h8-16,28H,6-7H2,1-5H3,(H,27,29). The Hall–Kier alpha value is -3.32. The van der Waals surface area contributed by atoms with Crippen LogP contribution in [0.5, 0.6) is 17.2 Å². The van der Waals surface area contributed by atoms with E-state index >= 15 is 0 Å². The Morgan fingerprint density at radius 3 is 2.12 bits per heavy atom. The van der Waals surface area contributed by atoms with Gasteiger partial charge in [-0.15, -0.1) is 0 Å². The van der Waals surface area contributed by atoms with Crippen molar-refractivity contribution in [3.8, 4) is 17.2 Å². The van der Waals surface area contributed by atoms with Gasteiger partial charge in [0.2, 0.25) is 0 Å². The summed E-state index contributed by atoms with van der Waals surface area (Å²) < 4.78 is 20.1. The van der Waals surface area contributed by atoms with Crippen molar-refractivity contribution < 1.29 is 19.0 Å². The molecule has 0 fully saturated rings. The number of hydrogen-bond donors (Lipinski definition) is 2. The number of anilines is 2. The molecule has 2 N–H and O–H groups in total. The summed E-state index contributed by atoms with van der Waals surface area (Å²) in [6.07, 6.45) is 0. The highest BCUT2D eigenvalue weighted by Gasteiger charge is 2.13. The Balaban J connectivity index is 1.81. The Morgan fingerprint density at radius 1 is 0.909 bits per heavy atom. The number of carbonyl (C=O) groups is 1. The topological polar surface area (TPSA) is 68.8 Å². The van der Waals surface area contributed by atoms with Gasteiger partial charge in [-0.25, -0.2) is 0 Å². The van der Waals surface area contributed by atoms with Gasteiger partial charge in [0.1, 0.15) is 17.2 Å². The van der Waals surface area contributed by atoms with Crippen molar-refractivity contribution in [2.75, 3.05) is 30.4 Å². The molecule has 0 aliphatic carbocycles. The molecule has 0 heterocycles. The van der Waals surface area contributed by atoms with E-state index in [1.165, 1.54) is 11.9 Å². The van der Waals surface area contributed by atoms with Crippen LogP contribution in [0.4, 0.5) is 11.4 Å². The molecule has 6 nitrogen and oxygen atoms in total. The van der Waals surface area contributed by atoms with Gasteiger partial charge in [0.15, 0.2) is 0 Å². The van der Waals surface area contributed by atoms with Gasteiger partial charge in [0.25, 0.3) is 5.91 Å². The van der Waals surface area contributed by atoms with Gasteiger partial charge in [-0.1, -0.05) is 18.2 Å². The number of methoxy groups -OCH3 is 1. The first kappa shape index (κ1) is 24.3. The Morgan fingerprint density at radius 2 is 1.55 bits per heavy atom. The third-order valence-corrected chi connectivity index (χ3v) is 5.78. The molecule has 3 aromatic carbocycles. The first-order chi connectivity index (χ1) is 15.9. The molecule has 0 saturated heterocycles. The normalized spacial score (nSPS) is 10.5. The van der Waals surface area contributed by atoms with Crippen LogP contribution in [0.3, 0.4) is 0 Å². The van der Waals surface area contributed by atoms with Crippen LogP contribution in [0.25, 0.3) is 0 Å². The number of benzene rings is 3. The number of aryl methyl sites for hydroxylation is 2. The monoisotopic (exact) mass is 466 g/mol. The first-order valence-corrected chi connectivity index (χ1v) is 11.7. The van der Waals surface area contributed by atoms with Gasteiger partial charge in [-0.3, -0.25) is 4.79 Å². The Bertz CT molecular complexity index is 1070. The lowest BCUT2D eigenvalue weighted by molar-refractivity contribution is 0.102. The maximum absolute atomic E-state index is 13.0. The second kappa shape index (κ2) is 11.5. The van der Waals surface area contributed by atoms with Crippen LogP contribution in [0.2, 0.25) is 0 Å². The zero-order chi connectivity index (χ0) is 23.8. The largest absolute Gasteiger partial charge is 0.496 e. The molecule has 1 amide bonds. The van der Waals surface area contributed by atoms with Gasteiger partial charge in [0, 0.05) is 17.3 Å². The van der Waals surface area contributed by atoms with Crippen LogP contribution in [0.15, 0.2) is 59.5 Å². The van der Waals surface area contributed by atoms with Gasteiger partial charge in [-0.2, -0.15) is 0 Å². The number of carbonyl (C=O) groups excluding carboxylic acids is 1. The molecule has 0 aromatic heterocycles. The summed E-state index contributed by atoms with van der Waals surface area (Å²) in [5.74, 6) is 1.66. The summed E-state index contributed by atoms with van der Waals surface area (Å²) in [6.45, 7) is 8.94. The predicted octanol–water partition coefficient (Wildman–Crippen LogP) is 6.48. The highest BCUT2D eigenvalue weighted by atomic mass is 32.2. The molecule has 0 unspecified atom stereocenters. The van der Waals surface area contributed by atoms with E-state index in [1.54, 1.807) is 25.3 Å². The van der Waals surface area contributed by atoms with Crippen LogP contribution in [0, 0.1) is 13.8 Å². The lowest BCUT2D eigenvalue weighted by atomic mass is 10.1. The van der Waals surface area contributed by atoms with E-state index in [1.807, 2.05) is 38.1 Å². The molecule has 0 aliphatic heterocycles. The van der Waals surface area contributed by atoms with Crippen molar-refractivity contribution in [1.82, 2.24) is 0 Å². The van der Waals surface area contributed by atoms with Gasteiger partial charge < -0.3 is 24.2 Å². The molecule has 7 heteroatoms. The minimum atomic E-state index is -0.249. The van der Waals surface area contributed by atoms with E-state index in [2.05, 4.69) is 36.0 Å². The van der Waals surface area contributed by atoms with E-state index in [0.717, 1.165) is 21.7 Å². The fourth-order valence-corrected chi connectivity index (χ4v) is 4.29. The van der Waals surface area contributed by atoms with Crippen LogP contribution >= 0.6 is 11.9 Å². The summed E-state index contributed by atoms with van der Waals surface area (Å²) in [5.41, 5.74) is 4.50. The second-order valence-electron chi connectivity index (χ2n) is 7.35. The first-order valence-electron chi connectivity index (χ1n) is 10.8. The number of para-hydroxylation sites is 1. The van der Waals surface area contributed by atoms with E-state index in [0.29, 0.717) is 41.7 Å². The van der Waals surface area contributed by atoms with Gasteiger partial charge in [-0.05, 0) is 81.1 Å². The minimum absolute atomic E-state index is 0.249. The smallest absolute Gasteiger partial charge is 0.255 e. The number of ether oxygens (including phenoxy) is 3. The molecule has 3 aromatic rings. The van der Waals surface area contributed by atoms with Crippen molar-refractivity contribution in [1.29, 1.82) is 0 Å². The fraction of sp³-hybridized carbons (Fsp3) is 0.269. The third kappa shape index (κ3) is 6.35. The zero-order valence-corrected chi connectivity index (χ0v) is 20.5. The SMILES string of the molecule is CCOc1cc(OCC)cc(C(=O)Nc2ccc(OC)c(SNc3c(C)cccc3C)c2)c1. The summed E-state index contributed by atoms with van der Waals surface area (Å²) in [7, 11) is 1.63. The molecule has 33 heavy (non-hydrogen) atoms. The lowest BCUT2D eigenvalue weighted by Gasteiger charge is -2.15. The van der Waals surface area contributed by atoms with Crippen LogP contribution < -0.4 is 24.2 Å². The van der Waals surface area contributed by atoms with E-state index in [-0.39, 0.29) is 5.91 Å². The second-order valence-corrected chi connectivity index (χ2v) is 8.20. The average molecular weight is 467 g/mol. The Labute approximate surface area is 199 Å². The highest BCUT2D eigenvalue weighted by Crippen LogP contribution is 2.34. The van der Waals surface area contributed by atoms with Crippen molar-refractivity contribution >= 4 is 29.2 Å². The number of nitrogens with one attached hydrogen (secondary N) is 2. The van der Waals surface area contributed by atoms with Crippen molar-refractivity contribution in [3.63, 3.8) is 0 Å². The molecule has 0 bridgehead atoms. The molecule has 0 saturated carbocycles. The fourth-order valence-electron chi connectivity index (χ4n) is 3.32. The van der Waals surface area contributed by atoms with Crippen molar-refractivity contribution in [3.05, 3.63) is 71.3 Å². The number of amides is 1. The molecule has 0 atom stereocenters. The maximum Gasteiger partial charge on any atom is 0.255 e. The van der Waals surface area contributed by atoms with Crippen molar-refractivity contribution in [2.24, 2.45) is 0 Å². The predicted molar refractivity (Wildman–Crippen MR) is 135 cm³/mol. The van der Waals surface area contributed by atoms with Crippen LogP contribution in [0.1, 0.15) is 35.3 Å². The highest BCUT2D eigenvalue weighted by molar-refractivity contribution is 8.00. The van der Waals surface area contributed by atoms with E-state index < -0.39 is 0 Å². The molecule has 174 valence electrons. The number of rotatable bonds is 10. The van der Waals surface area contributed by atoms with Crippen LogP contribution in [-0.4, -0.2) is 26.2 Å². The summed E-state index contributed by atoms with van der Waals surface area (Å²) in [6, 6.07) is 16.9. The van der Waals surface area contributed by atoms with E-state index in [9.17, 15) is 4.79 Å². The maximum atomic E-state index is 13.0. The summed E-state index contributed by atoms with van der Waals surface area (Å²) >= 11 is 1.44. The van der Waals surface area contributed by atoms with Crippen LogP contribution in [-0.2, 0) is 0 Å².